The highest BCUT2D eigenvalue weighted by atomic mass is 79.9. The Hall–Kier alpha value is -3.26. The Morgan fingerprint density at radius 3 is 2.43 bits per heavy atom. The summed E-state index contributed by atoms with van der Waals surface area (Å²) < 4.78 is 12.7. The minimum Gasteiger partial charge on any atom is -0.497 e. The second kappa shape index (κ2) is 7.77. The van der Waals surface area contributed by atoms with Gasteiger partial charge in [-0.15, -0.1) is 0 Å². The third-order valence-electron chi connectivity index (χ3n) is 4.11. The van der Waals surface area contributed by atoms with Crippen LogP contribution in [0.4, 0.5) is 0 Å². The fourth-order valence-corrected chi connectivity index (χ4v) is 2.91. The number of methoxy groups -OCH3 is 1. The van der Waals surface area contributed by atoms with Crippen LogP contribution >= 0.6 is 15.9 Å². The number of hydrogen-bond acceptors (Lipinski definition) is 6. The first-order valence-electron chi connectivity index (χ1n) is 8.43. The van der Waals surface area contributed by atoms with Crippen molar-refractivity contribution in [2.24, 2.45) is 0 Å². The van der Waals surface area contributed by atoms with Crippen LogP contribution in [0.5, 0.6) is 5.75 Å². The molecule has 0 bridgehead atoms. The van der Waals surface area contributed by atoms with Gasteiger partial charge in [-0.05, 0) is 54.6 Å². The molecule has 28 heavy (non-hydrogen) atoms. The number of aromatic nitrogens is 4. The molecule has 0 spiro atoms. The molecule has 7 nitrogen and oxygen atoms in total. The molecule has 4 aromatic rings. The molecule has 0 fully saturated rings. The van der Waals surface area contributed by atoms with Crippen molar-refractivity contribution in [3.8, 4) is 28.4 Å². The maximum Gasteiger partial charge on any atom is 0.267 e. The van der Waals surface area contributed by atoms with Gasteiger partial charge in [0.1, 0.15) is 12.3 Å². The molecule has 0 saturated heterocycles. The van der Waals surface area contributed by atoms with Gasteiger partial charge < -0.3 is 9.26 Å². The van der Waals surface area contributed by atoms with Crippen molar-refractivity contribution in [1.29, 1.82) is 0 Å². The van der Waals surface area contributed by atoms with Crippen molar-refractivity contribution in [2.45, 2.75) is 6.54 Å². The number of hydrogen-bond donors (Lipinski definition) is 0. The molecule has 0 atom stereocenters. The average Bonchev–Trinajstić information content (AvgIpc) is 3.19. The lowest BCUT2D eigenvalue weighted by atomic mass is 10.1. The zero-order valence-electron chi connectivity index (χ0n) is 14.9. The van der Waals surface area contributed by atoms with Crippen molar-refractivity contribution in [2.75, 3.05) is 7.11 Å². The maximum absolute atomic E-state index is 12.2. The van der Waals surface area contributed by atoms with Crippen molar-refractivity contribution in [3.05, 3.63) is 81.4 Å². The average molecular weight is 439 g/mol. The third-order valence-corrected chi connectivity index (χ3v) is 4.64. The van der Waals surface area contributed by atoms with Gasteiger partial charge in [0, 0.05) is 21.7 Å². The summed E-state index contributed by atoms with van der Waals surface area (Å²) in [5.74, 6) is 1.52. The molecule has 0 aliphatic carbocycles. The molecule has 2 aromatic carbocycles. The predicted octanol–water partition coefficient (Wildman–Crippen LogP) is 3.78. The van der Waals surface area contributed by atoms with Crippen LogP contribution in [-0.2, 0) is 6.54 Å². The van der Waals surface area contributed by atoms with E-state index in [0.29, 0.717) is 17.4 Å². The summed E-state index contributed by atoms with van der Waals surface area (Å²) in [5.41, 5.74) is 2.11. The van der Waals surface area contributed by atoms with Gasteiger partial charge in [-0.3, -0.25) is 4.79 Å². The van der Waals surface area contributed by atoms with E-state index in [0.717, 1.165) is 21.3 Å². The molecule has 0 amide bonds. The van der Waals surface area contributed by atoms with Crippen LogP contribution in [-0.4, -0.2) is 27.0 Å². The highest BCUT2D eigenvalue weighted by Crippen LogP contribution is 2.21. The molecule has 0 radical (unpaired) electrons. The van der Waals surface area contributed by atoms with E-state index >= 15 is 0 Å². The zero-order valence-corrected chi connectivity index (χ0v) is 16.5. The number of ether oxygens (including phenoxy) is 1. The van der Waals surface area contributed by atoms with Gasteiger partial charge in [0.15, 0.2) is 0 Å². The molecular formula is C20H15BrN4O3. The van der Waals surface area contributed by atoms with E-state index < -0.39 is 0 Å². The molecule has 0 saturated carbocycles. The van der Waals surface area contributed by atoms with Crippen LogP contribution in [0.25, 0.3) is 22.6 Å². The minimum atomic E-state index is -0.249. The largest absolute Gasteiger partial charge is 0.497 e. The minimum absolute atomic E-state index is 0.0896. The summed E-state index contributed by atoms with van der Waals surface area (Å²) in [5, 5.41) is 8.40. The summed E-state index contributed by atoms with van der Waals surface area (Å²) in [6.45, 7) is 0.0896. The molecule has 4 rings (SSSR count). The summed E-state index contributed by atoms with van der Waals surface area (Å²) in [6, 6.07) is 18.2. The Morgan fingerprint density at radius 1 is 1.00 bits per heavy atom. The Morgan fingerprint density at radius 2 is 1.71 bits per heavy atom. The maximum atomic E-state index is 12.2. The first-order chi connectivity index (χ1) is 13.6. The van der Waals surface area contributed by atoms with Crippen LogP contribution in [0.1, 0.15) is 5.89 Å². The molecule has 8 heteroatoms. The van der Waals surface area contributed by atoms with Crippen LogP contribution in [0.3, 0.4) is 0 Å². The monoisotopic (exact) mass is 438 g/mol. The van der Waals surface area contributed by atoms with Gasteiger partial charge in [-0.2, -0.15) is 10.1 Å². The Balaban J connectivity index is 1.59. The van der Waals surface area contributed by atoms with Crippen molar-refractivity contribution < 1.29 is 9.26 Å². The van der Waals surface area contributed by atoms with Gasteiger partial charge in [0.05, 0.1) is 12.8 Å². The molecule has 0 unspecified atom stereocenters. The van der Waals surface area contributed by atoms with Crippen LogP contribution in [0, 0.1) is 0 Å². The lowest BCUT2D eigenvalue weighted by Crippen LogP contribution is -2.23. The second-order valence-electron chi connectivity index (χ2n) is 5.96. The summed E-state index contributed by atoms with van der Waals surface area (Å²) in [6.07, 6.45) is 0. The highest BCUT2D eigenvalue weighted by Gasteiger charge is 2.11. The van der Waals surface area contributed by atoms with Crippen LogP contribution in [0.2, 0.25) is 0 Å². The molecule has 2 aromatic heterocycles. The molecule has 0 N–H and O–H groups in total. The summed E-state index contributed by atoms with van der Waals surface area (Å²) in [7, 11) is 1.61. The molecule has 0 aliphatic heterocycles. The molecular weight excluding hydrogens is 424 g/mol. The van der Waals surface area contributed by atoms with Gasteiger partial charge in [0.25, 0.3) is 5.56 Å². The van der Waals surface area contributed by atoms with Crippen LogP contribution < -0.4 is 10.3 Å². The van der Waals surface area contributed by atoms with Crippen LogP contribution in [0.15, 0.2) is 74.5 Å². The molecule has 0 aliphatic rings. The number of halogens is 1. The first-order valence-corrected chi connectivity index (χ1v) is 9.23. The summed E-state index contributed by atoms with van der Waals surface area (Å²) >= 11 is 3.39. The molecule has 2 heterocycles. The van der Waals surface area contributed by atoms with E-state index in [-0.39, 0.29) is 12.1 Å². The lowest BCUT2D eigenvalue weighted by Gasteiger charge is -2.06. The highest BCUT2D eigenvalue weighted by molar-refractivity contribution is 9.10. The van der Waals surface area contributed by atoms with E-state index in [2.05, 4.69) is 31.2 Å². The third kappa shape index (κ3) is 3.86. The smallest absolute Gasteiger partial charge is 0.267 e. The Kier molecular flexibility index (Phi) is 5.03. The Labute approximate surface area is 168 Å². The van der Waals surface area contributed by atoms with E-state index in [1.165, 1.54) is 10.7 Å². The van der Waals surface area contributed by atoms with Crippen molar-refractivity contribution >= 4 is 15.9 Å². The van der Waals surface area contributed by atoms with Crippen molar-refractivity contribution in [3.63, 3.8) is 0 Å². The first kappa shape index (κ1) is 18.1. The summed E-state index contributed by atoms with van der Waals surface area (Å²) in [4.78, 5) is 16.6. The normalized spacial score (nSPS) is 10.8. The van der Waals surface area contributed by atoms with Gasteiger partial charge >= 0.3 is 0 Å². The van der Waals surface area contributed by atoms with Gasteiger partial charge in [-0.25, -0.2) is 4.68 Å². The number of rotatable bonds is 5. The quantitative estimate of drug-likeness (QED) is 0.471. The van der Waals surface area contributed by atoms with Gasteiger partial charge in [-0.1, -0.05) is 21.1 Å². The van der Waals surface area contributed by atoms with Gasteiger partial charge in [0.2, 0.25) is 11.7 Å². The molecule has 140 valence electrons. The van der Waals surface area contributed by atoms with E-state index in [1.54, 1.807) is 13.2 Å². The zero-order chi connectivity index (χ0) is 19.5. The SMILES string of the molecule is COc1ccc(-c2ccc(=O)n(Cc3nc(-c4ccc(Br)cc4)no3)n2)cc1. The van der Waals surface area contributed by atoms with E-state index in [4.69, 9.17) is 9.26 Å². The second-order valence-corrected chi connectivity index (χ2v) is 6.88. The fraction of sp³-hybridized carbons (Fsp3) is 0.100. The fourth-order valence-electron chi connectivity index (χ4n) is 2.64. The number of benzene rings is 2. The lowest BCUT2D eigenvalue weighted by molar-refractivity contribution is 0.363. The Bertz CT molecular complexity index is 1150. The topological polar surface area (TPSA) is 83.0 Å². The van der Waals surface area contributed by atoms with E-state index in [9.17, 15) is 4.79 Å². The van der Waals surface area contributed by atoms with Crippen molar-refractivity contribution in [1.82, 2.24) is 19.9 Å². The van der Waals surface area contributed by atoms with E-state index in [1.807, 2.05) is 48.5 Å². The standard InChI is InChI=1S/C20H15BrN4O3/c1-27-16-8-4-13(5-9-16)17-10-11-19(26)25(23-17)12-18-22-20(24-28-18)14-2-6-15(21)7-3-14/h2-11H,12H2,1H3. The predicted molar refractivity (Wildman–Crippen MR) is 107 cm³/mol. The number of nitrogens with zero attached hydrogens (tertiary/aromatic N) is 4.